The Morgan fingerprint density at radius 3 is 2.67 bits per heavy atom. The Balaban J connectivity index is 2.72. The molecule has 0 radical (unpaired) electrons. The third-order valence-electron chi connectivity index (χ3n) is 2.77. The Kier molecular flexibility index (Phi) is 2.89. The van der Waals surface area contributed by atoms with E-state index in [4.69, 9.17) is 5.73 Å². The van der Waals surface area contributed by atoms with Crippen molar-refractivity contribution < 1.29 is 4.39 Å². The second-order valence-electron chi connectivity index (χ2n) is 3.84. The molecule has 12 heavy (non-hydrogen) atoms. The van der Waals surface area contributed by atoms with Crippen molar-refractivity contribution >= 4 is 0 Å². The maximum absolute atomic E-state index is 13.9. The minimum Gasteiger partial charge on any atom is -0.325 e. The van der Waals surface area contributed by atoms with E-state index in [1.165, 1.54) is 6.42 Å². The van der Waals surface area contributed by atoms with Gasteiger partial charge in [0.15, 0.2) is 0 Å². The fourth-order valence-electron chi connectivity index (χ4n) is 1.57. The molecule has 0 spiro atoms. The number of halogens is 1. The maximum Gasteiger partial charge on any atom is 0.143 e. The highest BCUT2D eigenvalue weighted by Crippen LogP contribution is 2.32. The molecule has 2 N–H and O–H groups in total. The molecule has 1 rings (SSSR count). The highest BCUT2D eigenvalue weighted by Gasteiger charge is 2.32. The first-order chi connectivity index (χ1) is 5.55. The summed E-state index contributed by atoms with van der Waals surface area (Å²) in [4.78, 5) is 0. The van der Waals surface area contributed by atoms with E-state index < -0.39 is 11.7 Å². The van der Waals surface area contributed by atoms with E-state index in [0.29, 0.717) is 0 Å². The van der Waals surface area contributed by atoms with Gasteiger partial charge < -0.3 is 5.73 Å². The second-order valence-corrected chi connectivity index (χ2v) is 3.84. The van der Waals surface area contributed by atoms with Crippen LogP contribution in [-0.2, 0) is 0 Å². The standard InChI is InChI=1S/C10H18FN/c1-8(12)10(2,11)9-6-4-3-5-7-9/h6,8H,3-5,7,12H2,1-2H3. The minimum absolute atomic E-state index is 0.401. The van der Waals surface area contributed by atoms with E-state index in [9.17, 15) is 4.39 Å². The van der Waals surface area contributed by atoms with Gasteiger partial charge in [-0.05, 0) is 45.1 Å². The molecule has 70 valence electrons. The van der Waals surface area contributed by atoms with Gasteiger partial charge in [-0.2, -0.15) is 0 Å². The normalized spacial score (nSPS) is 25.8. The first-order valence-electron chi connectivity index (χ1n) is 4.69. The van der Waals surface area contributed by atoms with Crippen LogP contribution in [0.25, 0.3) is 0 Å². The van der Waals surface area contributed by atoms with Crippen molar-refractivity contribution in [3.63, 3.8) is 0 Å². The van der Waals surface area contributed by atoms with Gasteiger partial charge in [-0.1, -0.05) is 6.08 Å². The molecule has 1 nitrogen and oxygen atoms in total. The lowest BCUT2D eigenvalue weighted by atomic mass is 9.84. The first kappa shape index (κ1) is 9.72. The summed E-state index contributed by atoms with van der Waals surface area (Å²) in [5, 5.41) is 0. The Bertz CT molecular complexity index is 182. The fourth-order valence-corrected chi connectivity index (χ4v) is 1.57. The molecule has 0 saturated carbocycles. The Labute approximate surface area is 73.8 Å². The second kappa shape index (κ2) is 3.56. The topological polar surface area (TPSA) is 26.0 Å². The van der Waals surface area contributed by atoms with E-state index in [1.54, 1.807) is 13.8 Å². The van der Waals surface area contributed by atoms with Crippen LogP contribution in [0.3, 0.4) is 0 Å². The molecule has 2 unspecified atom stereocenters. The van der Waals surface area contributed by atoms with E-state index >= 15 is 0 Å². The van der Waals surface area contributed by atoms with Gasteiger partial charge in [0.1, 0.15) is 5.67 Å². The Morgan fingerprint density at radius 2 is 2.25 bits per heavy atom. The van der Waals surface area contributed by atoms with Crippen molar-refractivity contribution in [2.75, 3.05) is 0 Å². The third kappa shape index (κ3) is 1.86. The molecule has 0 heterocycles. The molecule has 2 heteroatoms. The van der Waals surface area contributed by atoms with Gasteiger partial charge in [-0.25, -0.2) is 4.39 Å². The molecular weight excluding hydrogens is 153 g/mol. The molecule has 0 aromatic rings. The van der Waals surface area contributed by atoms with Crippen molar-refractivity contribution in [3.05, 3.63) is 11.6 Å². The van der Waals surface area contributed by atoms with Crippen LogP contribution in [0.5, 0.6) is 0 Å². The molecule has 1 aliphatic rings. The van der Waals surface area contributed by atoms with Gasteiger partial charge in [0.2, 0.25) is 0 Å². The quantitative estimate of drug-likeness (QED) is 0.635. The molecule has 0 aliphatic heterocycles. The SMILES string of the molecule is CC(N)C(C)(F)C1=CCCCC1. The highest BCUT2D eigenvalue weighted by molar-refractivity contribution is 5.20. The van der Waals surface area contributed by atoms with Gasteiger partial charge >= 0.3 is 0 Å². The summed E-state index contributed by atoms with van der Waals surface area (Å²) in [6, 6.07) is -0.401. The van der Waals surface area contributed by atoms with Crippen molar-refractivity contribution in [1.29, 1.82) is 0 Å². The Hall–Kier alpha value is -0.370. The average Bonchev–Trinajstić information content (AvgIpc) is 2.06. The summed E-state index contributed by atoms with van der Waals surface area (Å²) in [6.07, 6.45) is 6.22. The van der Waals surface area contributed by atoms with E-state index in [2.05, 4.69) is 0 Å². The van der Waals surface area contributed by atoms with E-state index in [1.807, 2.05) is 6.08 Å². The van der Waals surface area contributed by atoms with Crippen LogP contribution in [-0.4, -0.2) is 11.7 Å². The number of rotatable bonds is 2. The fraction of sp³-hybridized carbons (Fsp3) is 0.800. The van der Waals surface area contributed by atoms with Crippen LogP contribution in [0.1, 0.15) is 39.5 Å². The molecule has 1 aliphatic carbocycles. The van der Waals surface area contributed by atoms with Gasteiger partial charge in [0, 0.05) is 6.04 Å². The van der Waals surface area contributed by atoms with Gasteiger partial charge in [-0.15, -0.1) is 0 Å². The number of hydrogen-bond acceptors (Lipinski definition) is 1. The highest BCUT2D eigenvalue weighted by atomic mass is 19.1. The lowest BCUT2D eigenvalue weighted by Crippen LogP contribution is -2.41. The molecule has 0 fully saturated rings. The lowest BCUT2D eigenvalue weighted by molar-refractivity contribution is 0.194. The Morgan fingerprint density at radius 1 is 1.58 bits per heavy atom. The zero-order valence-electron chi connectivity index (χ0n) is 7.94. The number of alkyl halides is 1. The van der Waals surface area contributed by atoms with Gasteiger partial charge in [-0.3, -0.25) is 0 Å². The van der Waals surface area contributed by atoms with E-state index in [0.717, 1.165) is 24.8 Å². The zero-order valence-corrected chi connectivity index (χ0v) is 7.94. The van der Waals surface area contributed by atoms with Crippen LogP contribution < -0.4 is 5.73 Å². The molecule has 0 amide bonds. The summed E-state index contributed by atoms with van der Waals surface area (Å²) in [6.45, 7) is 3.32. The monoisotopic (exact) mass is 171 g/mol. The number of hydrogen-bond donors (Lipinski definition) is 1. The van der Waals surface area contributed by atoms with Crippen LogP contribution in [0, 0.1) is 0 Å². The molecule has 0 aromatic heterocycles. The predicted molar refractivity (Wildman–Crippen MR) is 49.7 cm³/mol. The van der Waals surface area contributed by atoms with Crippen molar-refractivity contribution in [1.82, 2.24) is 0 Å². The minimum atomic E-state index is -1.29. The molecule has 0 bridgehead atoms. The third-order valence-corrected chi connectivity index (χ3v) is 2.77. The van der Waals surface area contributed by atoms with Crippen LogP contribution in [0.4, 0.5) is 4.39 Å². The van der Waals surface area contributed by atoms with E-state index in [-0.39, 0.29) is 0 Å². The molecule has 0 saturated heterocycles. The number of nitrogens with two attached hydrogens (primary N) is 1. The van der Waals surface area contributed by atoms with Crippen LogP contribution >= 0.6 is 0 Å². The summed E-state index contributed by atoms with van der Waals surface area (Å²) in [5.74, 6) is 0. The van der Waals surface area contributed by atoms with Crippen molar-refractivity contribution in [2.45, 2.75) is 51.2 Å². The predicted octanol–water partition coefficient (Wildman–Crippen LogP) is 2.56. The molecular formula is C10H18FN. The zero-order chi connectivity index (χ0) is 9.19. The summed E-state index contributed by atoms with van der Waals surface area (Å²) in [5.41, 5.74) is 5.20. The summed E-state index contributed by atoms with van der Waals surface area (Å²) < 4.78 is 13.9. The average molecular weight is 171 g/mol. The van der Waals surface area contributed by atoms with Crippen molar-refractivity contribution in [2.24, 2.45) is 5.73 Å². The lowest BCUT2D eigenvalue weighted by Gasteiger charge is -2.29. The summed E-state index contributed by atoms with van der Waals surface area (Å²) in [7, 11) is 0. The van der Waals surface area contributed by atoms with Crippen molar-refractivity contribution in [3.8, 4) is 0 Å². The first-order valence-corrected chi connectivity index (χ1v) is 4.69. The number of allylic oxidation sites excluding steroid dienone is 1. The van der Waals surface area contributed by atoms with Gasteiger partial charge in [0.25, 0.3) is 0 Å². The summed E-state index contributed by atoms with van der Waals surface area (Å²) >= 11 is 0. The maximum atomic E-state index is 13.9. The smallest absolute Gasteiger partial charge is 0.143 e. The molecule has 0 aromatic carbocycles. The molecule has 2 atom stereocenters. The van der Waals surface area contributed by atoms with Crippen LogP contribution in [0.15, 0.2) is 11.6 Å². The largest absolute Gasteiger partial charge is 0.325 e. The van der Waals surface area contributed by atoms with Gasteiger partial charge in [0.05, 0.1) is 0 Å². The van der Waals surface area contributed by atoms with Crippen LogP contribution in [0.2, 0.25) is 0 Å².